The molecule has 0 N–H and O–H groups in total. The Hall–Kier alpha value is -3.00. The number of benzene rings is 1. The van der Waals surface area contributed by atoms with Crippen LogP contribution < -0.4 is 9.47 Å². The van der Waals surface area contributed by atoms with Gasteiger partial charge in [-0.1, -0.05) is 17.4 Å². The molecule has 0 aliphatic heterocycles. The molecular formula is C18H17N5O2S. The highest BCUT2D eigenvalue weighted by Crippen LogP contribution is 2.28. The maximum Gasteiger partial charge on any atom is 0.234 e. The van der Waals surface area contributed by atoms with E-state index < -0.39 is 0 Å². The van der Waals surface area contributed by atoms with E-state index >= 15 is 0 Å². The predicted octanol–water partition coefficient (Wildman–Crippen LogP) is 3.05. The van der Waals surface area contributed by atoms with Gasteiger partial charge < -0.3 is 9.47 Å². The molecule has 0 aliphatic rings. The SMILES string of the molecule is COc1ccc(CCc2nnc3sc(-c4ccncc4)nn23)cc1OC. The van der Waals surface area contributed by atoms with Gasteiger partial charge in [-0.05, 0) is 36.2 Å². The van der Waals surface area contributed by atoms with Crippen LogP contribution in [0.2, 0.25) is 0 Å². The van der Waals surface area contributed by atoms with Crippen molar-refractivity contribution in [2.75, 3.05) is 14.2 Å². The van der Waals surface area contributed by atoms with Crippen molar-refractivity contribution in [3.8, 4) is 22.1 Å². The zero-order chi connectivity index (χ0) is 17.9. The molecule has 132 valence electrons. The second-order valence-corrected chi connectivity index (χ2v) is 6.60. The van der Waals surface area contributed by atoms with Crippen LogP contribution in [0.5, 0.6) is 11.5 Å². The highest BCUT2D eigenvalue weighted by atomic mass is 32.1. The number of rotatable bonds is 6. The second-order valence-electron chi connectivity index (χ2n) is 5.64. The number of fused-ring (bicyclic) bond motifs is 1. The maximum atomic E-state index is 5.36. The summed E-state index contributed by atoms with van der Waals surface area (Å²) < 4.78 is 12.5. The molecule has 3 aromatic heterocycles. The van der Waals surface area contributed by atoms with Crippen LogP contribution in [0.15, 0.2) is 42.7 Å². The fourth-order valence-electron chi connectivity index (χ4n) is 2.72. The fraction of sp³-hybridized carbons (Fsp3) is 0.222. The lowest BCUT2D eigenvalue weighted by molar-refractivity contribution is 0.354. The summed E-state index contributed by atoms with van der Waals surface area (Å²) in [5.74, 6) is 2.29. The Labute approximate surface area is 154 Å². The summed E-state index contributed by atoms with van der Waals surface area (Å²) in [5, 5.41) is 14.1. The molecular weight excluding hydrogens is 350 g/mol. The third-order valence-corrected chi connectivity index (χ3v) is 5.02. The standard InChI is InChI=1S/C18H17N5O2S/c1-24-14-5-3-12(11-15(14)25-2)4-6-16-20-21-18-23(16)22-17(26-18)13-7-9-19-10-8-13/h3,5,7-11H,4,6H2,1-2H3. The van der Waals surface area contributed by atoms with E-state index in [9.17, 15) is 0 Å². The highest BCUT2D eigenvalue weighted by molar-refractivity contribution is 7.19. The zero-order valence-corrected chi connectivity index (χ0v) is 15.2. The van der Waals surface area contributed by atoms with Crippen LogP contribution in [0.1, 0.15) is 11.4 Å². The van der Waals surface area contributed by atoms with Crippen LogP contribution in [0.4, 0.5) is 0 Å². The zero-order valence-electron chi connectivity index (χ0n) is 14.4. The third-order valence-electron chi connectivity index (χ3n) is 4.07. The summed E-state index contributed by atoms with van der Waals surface area (Å²) in [6, 6.07) is 9.81. The van der Waals surface area contributed by atoms with Gasteiger partial charge in [0.1, 0.15) is 5.01 Å². The number of aryl methyl sites for hydroxylation is 2. The van der Waals surface area contributed by atoms with E-state index in [0.717, 1.165) is 51.3 Å². The van der Waals surface area contributed by atoms with E-state index in [1.165, 1.54) is 11.3 Å². The van der Waals surface area contributed by atoms with Crippen molar-refractivity contribution in [2.45, 2.75) is 12.8 Å². The number of aromatic nitrogens is 5. The summed E-state index contributed by atoms with van der Waals surface area (Å²) in [6.45, 7) is 0. The van der Waals surface area contributed by atoms with Crippen molar-refractivity contribution in [1.29, 1.82) is 0 Å². The average molecular weight is 367 g/mol. The van der Waals surface area contributed by atoms with Gasteiger partial charge in [-0.25, -0.2) is 0 Å². The molecule has 4 aromatic rings. The van der Waals surface area contributed by atoms with Gasteiger partial charge in [0.15, 0.2) is 17.3 Å². The molecule has 0 bridgehead atoms. The Morgan fingerprint density at radius 1 is 0.962 bits per heavy atom. The first kappa shape index (κ1) is 16.5. The Balaban J connectivity index is 1.55. The van der Waals surface area contributed by atoms with Crippen molar-refractivity contribution in [3.63, 3.8) is 0 Å². The average Bonchev–Trinajstić information content (AvgIpc) is 3.28. The lowest BCUT2D eigenvalue weighted by atomic mass is 10.1. The Morgan fingerprint density at radius 3 is 2.54 bits per heavy atom. The van der Waals surface area contributed by atoms with Crippen LogP contribution in [0, 0.1) is 0 Å². The monoisotopic (exact) mass is 367 g/mol. The molecule has 0 amide bonds. The van der Waals surface area contributed by atoms with Crippen LogP contribution in [-0.2, 0) is 12.8 Å². The number of hydrogen-bond acceptors (Lipinski definition) is 7. The quantitative estimate of drug-likeness (QED) is 0.521. The van der Waals surface area contributed by atoms with Gasteiger partial charge in [0.2, 0.25) is 4.96 Å². The minimum Gasteiger partial charge on any atom is -0.493 e. The Bertz CT molecular complexity index is 1030. The largest absolute Gasteiger partial charge is 0.493 e. The van der Waals surface area contributed by atoms with Gasteiger partial charge in [0.25, 0.3) is 0 Å². The molecule has 7 nitrogen and oxygen atoms in total. The van der Waals surface area contributed by atoms with Gasteiger partial charge in [-0.3, -0.25) is 4.98 Å². The van der Waals surface area contributed by atoms with E-state index in [2.05, 4.69) is 20.3 Å². The van der Waals surface area contributed by atoms with Crippen molar-refractivity contribution < 1.29 is 9.47 Å². The molecule has 0 aliphatic carbocycles. The normalized spacial score (nSPS) is 11.0. The first-order valence-corrected chi connectivity index (χ1v) is 8.92. The maximum absolute atomic E-state index is 5.36. The van der Waals surface area contributed by atoms with Crippen molar-refractivity contribution in [1.82, 2.24) is 24.8 Å². The van der Waals surface area contributed by atoms with Crippen LogP contribution in [0.3, 0.4) is 0 Å². The molecule has 0 saturated carbocycles. The first-order valence-electron chi connectivity index (χ1n) is 8.11. The summed E-state index contributed by atoms with van der Waals surface area (Å²) in [4.78, 5) is 4.83. The van der Waals surface area contributed by atoms with Gasteiger partial charge >= 0.3 is 0 Å². The van der Waals surface area contributed by atoms with E-state index in [1.807, 2.05) is 34.8 Å². The number of methoxy groups -OCH3 is 2. The van der Waals surface area contributed by atoms with E-state index in [-0.39, 0.29) is 0 Å². The van der Waals surface area contributed by atoms with Crippen LogP contribution >= 0.6 is 11.3 Å². The summed E-state index contributed by atoms with van der Waals surface area (Å²) in [6.07, 6.45) is 5.06. The Kier molecular flexibility index (Phi) is 4.49. The second kappa shape index (κ2) is 7.09. The molecule has 0 saturated heterocycles. The molecule has 8 heteroatoms. The van der Waals surface area contributed by atoms with E-state index in [4.69, 9.17) is 9.47 Å². The Morgan fingerprint density at radius 2 is 1.77 bits per heavy atom. The molecule has 0 atom stereocenters. The number of hydrogen-bond donors (Lipinski definition) is 0. The molecule has 0 fully saturated rings. The minimum atomic E-state index is 0.725. The van der Waals surface area contributed by atoms with Crippen molar-refractivity contribution in [3.05, 3.63) is 54.1 Å². The fourth-order valence-corrected chi connectivity index (χ4v) is 3.58. The molecule has 1 aromatic carbocycles. The topological polar surface area (TPSA) is 74.4 Å². The first-order chi connectivity index (χ1) is 12.8. The van der Waals surface area contributed by atoms with Crippen molar-refractivity contribution in [2.24, 2.45) is 0 Å². The lowest BCUT2D eigenvalue weighted by Gasteiger charge is -2.09. The number of pyridine rings is 1. The molecule has 0 spiro atoms. The van der Waals surface area contributed by atoms with Crippen LogP contribution in [-0.4, -0.2) is 39.0 Å². The minimum absolute atomic E-state index is 0.725. The van der Waals surface area contributed by atoms with Crippen LogP contribution in [0.25, 0.3) is 15.5 Å². The smallest absolute Gasteiger partial charge is 0.234 e. The third kappa shape index (κ3) is 3.11. The van der Waals surface area contributed by atoms with E-state index in [0.29, 0.717) is 0 Å². The highest BCUT2D eigenvalue weighted by Gasteiger charge is 2.13. The molecule has 4 rings (SSSR count). The number of nitrogens with zero attached hydrogens (tertiary/aromatic N) is 5. The molecule has 0 radical (unpaired) electrons. The number of ether oxygens (including phenoxy) is 2. The van der Waals surface area contributed by atoms with Gasteiger partial charge in [-0.15, -0.1) is 10.2 Å². The summed E-state index contributed by atoms with van der Waals surface area (Å²) in [5.41, 5.74) is 2.17. The molecule has 0 unspecified atom stereocenters. The molecule has 26 heavy (non-hydrogen) atoms. The summed E-state index contributed by atoms with van der Waals surface area (Å²) in [7, 11) is 3.27. The van der Waals surface area contributed by atoms with Gasteiger partial charge in [0.05, 0.1) is 14.2 Å². The van der Waals surface area contributed by atoms with Gasteiger partial charge in [0, 0.05) is 24.4 Å². The lowest BCUT2D eigenvalue weighted by Crippen LogP contribution is -2.00. The molecule has 3 heterocycles. The summed E-state index contributed by atoms with van der Waals surface area (Å²) >= 11 is 1.52. The van der Waals surface area contributed by atoms with Gasteiger partial charge in [-0.2, -0.15) is 9.61 Å². The van der Waals surface area contributed by atoms with Crippen molar-refractivity contribution >= 4 is 16.3 Å². The van der Waals surface area contributed by atoms with E-state index in [1.54, 1.807) is 26.6 Å². The predicted molar refractivity (Wildman–Crippen MR) is 98.8 cm³/mol.